The lowest BCUT2D eigenvalue weighted by Gasteiger charge is -2.33. The molecule has 5 heterocycles. The number of nitrogens with zero attached hydrogens (tertiary/aromatic N) is 1. The number of fused-ring (bicyclic) bond motifs is 3. The second-order valence-corrected chi connectivity index (χ2v) is 12.8. The molecule has 45 heavy (non-hydrogen) atoms. The fourth-order valence-electron chi connectivity index (χ4n) is 7.98. The van der Waals surface area contributed by atoms with E-state index in [9.17, 15) is 24.1 Å². The van der Waals surface area contributed by atoms with Crippen LogP contribution >= 0.6 is 0 Å². The van der Waals surface area contributed by atoms with Gasteiger partial charge in [-0.05, 0) is 61.9 Å². The molecule has 2 aromatic heterocycles. The Balaban J connectivity index is 0.970. The van der Waals surface area contributed by atoms with Gasteiger partial charge in [0.25, 0.3) is 0 Å². The van der Waals surface area contributed by atoms with E-state index >= 15 is 0 Å². The Bertz CT molecular complexity index is 1480. The van der Waals surface area contributed by atoms with Gasteiger partial charge in [0.2, 0.25) is 5.79 Å². The summed E-state index contributed by atoms with van der Waals surface area (Å²) < 4.78 is 39.5. The summed E-state index contributed by atoms with van der Waals surface area (Å²) in [5.41, 5.74) is 12.8. The van der Waals surface area contributed by atoms with Crippen LogP contribution in [0.3, 0.4) is 0 Å². The number of hydrogen-bond donors (Lipinski definition) is 2. The smallest absolute Gasteiger partial charge is 0.332 e. The van der Waals surface area contributed by atoms with Crippen LogP contribution in [0.5, 0.6) is 0 Å². The second-order valence-electron chi connectivity index (χ2n) is 12.8. The number of nitroso groups, excluding NO2 is 1. The third-order valence-corrected chi connectivity index (χ3v) is 9.96. The summed E-state index contributed by atoms with van der Waals surface area (Å²) in [5, 5.41) is 2.73. The van der Waals surface area contributed by atoms with Crippen molar-refractivity contribution in [3.8, 4) is 0 Å². The van der Waals surface area contributed by atoms with Gasteiger partial charge in [-0.15, -0.1) is 4.91 Å². The number of furan rings is 2. The van der Waals surface area contributed by atoms with Crippen molar-refractivity contribution < 1.29 is 52.0 Å². The Morgan fingerprint density at radius 3 is 2.42 bits per heavy atom. The van der Waals surface area contributed by atoms with E-state index in [1.54, 1.807) is 0 Å². The van der Waals surface area contributed by atoms with E-state index in [-0.39, 0.29) is 5.92 Å². The Morgan fingerprint density at radius 2 is 1.76 bits per heavy atom. The van der Waals surface area contributed by atoms with Gasteiger partial charge in [0, 0.05) is 11.5 Å². The lowest BCUT2D eigenvalue weighted by Crippen LogP contribution is -2.60. The van der Waals surface area contributed by atoms with Crippen LogP contribution in [0.25, 0.3) is 11.2 Å². The predicted octanol–water partition coefficient (Wildman–Crippen LogP) is 1.49. The van der Waals surface area contributed by atoms with Crippen LogP contribution in [0.2, 0.25) is 0 Å². The number of hydrogen-bond acceptors (Lipinski definition) is 15. The molecule has 3 aliphatic heterocycles. The van der Waals surface area contributed by atoms with Crippen molar-refractivity contribution in [2.75, 3.05) is 13.2 Å². The summed E-state index contributed by atoms with van der Waals surface area (Å²) >= 11 is 0. The van der Waals surface area contributed by atoms with Crippen LogP contribution in [0.1, 0.15) is 56.9 Å². The normalized spacial score (nSPS) is 30.9. The largest absolute Gasteiger partial charge is 0.457 e. The highest BCUT2D eigenvalue weighted by atomic mass is 16.7. The molecular weight excluding hydrogens is 594 g/mol. The Kier molecular flexibility index (Phi) is 7.54. The van der Waals surface area contributed by atoms with E-state index in [1.165, 1.54) is 0 Å². The first-order chi connectivity index (χ1) is 21.6. The van der Waals surface area contributed by atoms with Crippen LogP contribution in [-0.4, -0.2) is 73.4 Å². The van der Waals surface area contributed by atoms with Gasteiger partial charge in [-0.25, -0.2) is 9.59 Å². The molecule has 2 saturated carbocycles. The maximum absolute atomic E-state index is 13.8. The maximum atomic E-state index is 13.8. The molecule has 0 radical (unpaired) electrons. The topological polar surface area (TPSA) is 218 Å². The zero-order valence-electron chi connectivity index (χ0n) is 24.4. The van der Waals surface area contributed by atoms with E-state index in [0.29, 0.717) is 36.8 Å². The quantitative estimate of drug-likeness (QED) is 0.147. The predicted molar refractivity (Wildman–Crippen MR) is 149 cm³/mol. The maximum Gasteiger partial charge on any atom is 0.332 e. The van der Waals surface area contributed by atoms with E-state index in [2.05, 4.69) is 5.18 Å². The van der Waals surface area contributed by atoms with Crippen LogP contribution in [0, 0.1) is 22.7 Å². The molecule has 7 atom stereocenters. The van der Waals surface area contributed by atoms with Crippen molar-refractivity contribution in [3.63, 3.8) is 0 Å². The summed E-state index contributed by atoms with van der Waals surface area (Å²) in [5.74, 6) is -7.22. The van der Waals surface area contributed by atoms with Crippen molar-refractivity contribution in [1.82, 2.24) is 0 Å². The minimum Gasteiger partial charge on any atom is -0.457 e. The number of rotatable bonds is 12. The molecule has 7 unspecified atom stereocenters. The van der Waals surface area contributed by atoms with Crippen LogP contribution in [-0.2, 0) is 53.2 Å². The fourth-order valence-corrected chi connectivity index (χ4v) is 7.98. The Labute approximate surface area is 256 Å². The number of nitrogens with two attached hydrogens (primary N) is 2. The third kappa shape index (κ3) is 5.15. The molecular formula is C30H35N3O12. The van der Waals surface area contributed by atoms with Gasteiger partial charge in [0.05, 0.1) is 0 Å². The van der Waals surface area contributed by atoms with Gasteiger partial charge < -0.3 is 32.8 Å². The molecule has 242 valence electrons. The zero-order chi connectivity index (χ0) is 31.5. The second kappa shape index (κ2) is 11.3. The molecule has 2 aromatic rings. The first-order valence-corrected chi connectivity index (χ1v) is 15.4. The molecule has 15 nitrogen and oxygen atoms in total. The average molecular weight is 630 g/mol. The Morgan fingerprint density at radius 1 is 1.02 bits per heavy atom. The van der Waals surface area contributed by atoms with E-state index in [4.69, 9.17) is 44.3 Å². The Hall–Kier alpha value is -3.66. The van der Waals surface area contributed by atoms with E-state index < -0.39 is 90.8 Å². The molecule has 3 saturated heterocycles. The fraction of sp³-hybridized carbons (Fsp3) is 0.667. The van der Waals surface area contributed by atoms with Crippen LogP contribution in [0.4, 0.5) is 0 Å². The molecule has 0 amide bonds. The van der Waals surface area contributed by atoms with Gasteiger partial charge >= 0.3 is 23.9 Å². The molecule has 0 aromatic carbocycles. The minimum atomic E-state index is -2.10. The van der Waals surface area contributed by atoms with Crippen molar-refractivity contribution in [2.45, 2.75) is 93.3 Å². The first kappa shape index (κ1) is 30.0. The van der Waals surface area contributed by atoms with Crippen LogP contribution in [0.15, 0.2) is 27.8 Å². The summed E-state index contributed by atoms with van der Waals surface area (Å²) in [6.45, 7) is -1.30. The lowest BCUT2D eigenvalue weighted by molar-refractivity contribution is -0.176. The van der Waals surface area contributed by atoms with Crippen molar-refractivity contribution in [1.29, 1.82) is 0 Å². The van der Waals surface area contributed by atoms with Crippen molar-refractivity contribution in [3.05, 3.63) is 28.7 Å². The van der Waals surface area contributed by atoms with Gasteiger partial charge in [0.1, 0.15) is 54.0 Å². The van der Waals surface area contributed by atoms with Gasteiger partial charge in [-0.2, -0.15) is 0 Å². The molecule has 0 spiro atoms. The zero-order valence-corrected chi connectivity index (χ0v) is 24.4. The van der Waals surface area contributed by atoms with Crippen molar-refractivity contribution >= 4 is 35.0 Å². The number of carbonyl (C=O) groups excluding carboxylic acids is 4. The first-order valence-electron chi connectivity index (χ1n) is 15.4. The summed E-state index contributed by atoms with van der Waals surface area (Å²) in [4.78, 5) is 63.0. The van der Waals surface area contributed by atoms with Crippen LogP contribution < -0.4 is 11.5 Å². The molecule has 4 N–H and O–H groups in total. The summed E-state index contributed by atoms with van der Waals surface area (Å²) in [7, 11) is 0. The number of benzene rings is 1. The molecule has 2 aliphatic carbocycles. The van der Waals surface area contributed by atoms with Gasteiger partial charge in [-0.1, -0.05) is 12.8 Å². The van der Waals surface area contributed by atoms with Crippen molar-refractivity contribution in [2.24, 2.45) is 34.4 Å². The third-order valence-electron chi connectivity index (χ3n) is 9.96. The minimum absolute atomic E-state index is 0.224. The summed E-state index contributed by atoms with van der Waals surface area (Å²) in [6, 6.07) is 5.56. The molecule has 5 fully saturated rings. The average Bonchev–Trinajstić information content (AvgIpc) is 3.85. The number of esters is 4. The summed E-state index contributed by atoms with van der Waals surface area (Å²) in [6.07, 6.45) is 1.23. The number of ether oxygens (including phenoxy) is 6. The van der Waals surface area contributed by atoms with E-state index in [1.807, 2.05) is 18.2 Å². The monoisotopic (exact) mass is 629 g/mol. The molecule has 15 heteroatoms. The molecule has 4 bridgehead atoms. The lowest BCUT2D eigenvalue weighted by atomic mass is 9.78. The highest BCUT2D eigenvalue weighted by Gasteiger charge is 2.72. The van der Waals surface area contributed by atoms with E-state index in [0.717, 1.165) is 31.2 Å². The SMILES string of the molecule is NC(N)(N=O)C(OC(=O)COCC(=O)OC1C2OC(=O)C3C2OC1C3C(=O)OC1(c2cc3ccc2o3)CCCC1)C1CCCC1. The highest BCUT2D eigenvalue weighted by molar-refractivity contribution is 5.87. The van der Waals surface area contributed by atoms with Gasteiger partial charge in [-0.3, -0.25) is 21.1 Å². The highest BCUT2D eigenvalue weighted by Crippen LogP contribution is 2.53. The standard InChI is InChI=1S/C30H35N3O12/c31-30(32,33-38)26(14-5-1-2-6-14)42-19(35)13-39-12-18(34)41-24-23-21(20-22(43-23)25(24)44-27(20)36)28(37)45-29(9-3-4-10-29)16-11-15-7-8-17(16)40-15/h7-8,11,14,20-26H,1-6,9-10,12-13,31-32H2. The molecule has 7 rings (SSSR count). The molecule has 5 aliphatic rings. The number of carbonyl (C=O) groups is 4. The van der Waals surface area contributed by atoms with Gasteiger partial charge in [0.15, 0.2) is 18.3 Å².